The van der Waals surface area contributed by atoms with Gasteiger partial charge in [0.25, 0.3) is 0 Å². The maximum Gasteiger partial charge on any atom is 0.407 e. The van der Waals surface area contributed by atoms with Crippen LogP contribution in [0.5, 0.6) is 0 Å². The Morgan fingerprint density at radius 2 is 1.65 bits per heavy atom. The van der Waals surface area contributed by atoms with Crippen LogP contribution in [0.1, 0.15) is 67.7 Å². The lowest BCUT2D eigenvalue weighted by molar-refractivity contribution is 0.139. The number of hydrogen-bond donors (Lipinski definition) is 1. The van der Waals surface area contributed by atoms with Gasteiger partial charge >= 0.3 is 6.09 Å². The molecular formula is C29H30BrNO2S. The second kappa shape index (κ2) is 10.6. The summed E-state index contributed by atoms with van der Waals surface area (Å²) < 4.78 is 6.75. The molecule has 34 heavy (non-hydrogen) atoms. The van der Waals surface area contributed by atoms with Crippen LogP contribution in [0.2, 0.25) is 0 Å². The zero-order valence-electron chi connectivity index (χ0n) is 19.4. The van der Waals surface area contributed by atoms with E-state index >= 15 is 0 Å². The van der Waals surface area contributed by atoms with E-state index in [0.29, 0.717) is 6.61 Å². The fourth-order valence-corrected chi connectivity index (χ4v) is 7.36. The molecule has 1 N–H and O–H groups in total. The van der Waals surface area contributed by atoms with E-state index in [2.05, 4.69) is 75.8 Å². The maximum absolute atomic E-state index is 12.7. The summed E-state index contributed by atoms with van der Waals surface area (Å²) in [4.78, 5) is 14.0. The van der Waals surface area contributed by atoms with Crippen LogP contribution in [-0.4, -0.2) is 18.0 Å². The number of rotatable bonds is 6. The Morgan fingerprint density at radius 1 is 1.00 bits per heavy atom. The molecular weight excluding hydrogens is 506 g/mol. The van der Waals surface area contributed by atoms with Gasteiger partial charge in [0, 0.05) is 20.5 Å². The third-order valence-electron chi connectivity index (χ3n) is 6.97. The Kier molecular flexibility index (Phi) is 7.31. The van der Waals surface area contributed by atoms with Crippen molar-refractivity contribution in [1.29, 1.82) is 0 Å². The first kappa shape index (κ1) is 23.5. The molecule has 0 heterocycles. The minimum absolute atomic E-state index is 0.0660. The molecule has 1 fully saturated rings. The highest BCUT2D eigenvalue weighted by atomic mass is 79.9. The van der Waals surface area contributed by atoms with Crippen molar-refractivity contribution >= 4 is 33.8 Å². The van der Waals surface area contributed by atoms with Gasteiger partial charge < -0.3 is 10.1 Å². The molecule has 0 aromatic heterocycles. The van der Waals surface area contributed by atoms with Gasteiger partial charge in [-0.05, 0) is 59.7 Å². The first-order valence-corrected chi connectivity index (χ1v) is 13.8. The van der Waals surface area contributed by atoms with Crippen LogP contribution in [-0.2, 0) is 4.74 Å². The lowest BCUT2D eigenvalue weighted by atomic mass is 9.98. The van der Waals surface area contributed by atoms with Crippen molar-refractivity contribution in [2.24, 2.45) is 0 Å². The monoisotopic (exact) mass is 535 g/mol. The molecule has 2 aliphatic rings. The highest BCUT2D eigenvalue weighted by Gasteiger charge is 2.29. The average molecular weight is 537 g/mol. The summed E-state index contributed by atoms with van der Waals surface area (Å²) in [5.41, 5.74) is 5.96. The van der Waals surface area contributed by atoms with Crippen LogP contribution in [0.4, 0.5) is 4.79 Å². The minimum atomic E-state index is -0.387. The van der Waals surface area contributed by atoms with Crippen molar-refractivity contribution < 1.29 is 9.53 Å². The van der Waals surface area contributed by atoms with Crippen LogP contribution in [0, 0.1) is 0 Å². The molecule has 1 saturated carbocycles. The number of alkyl carbamates (subject to hydrolysis) is 1. The van der Waals surface area contributed by atoms with E-state index in [-0.39, 0.29) is 18.1 Å². The molecule has 0 bridgehead atoms. The Hall–Kier alpha value is -2.24. The van der Waals surface area contributed by atoms with Gasteiger partial charge in [-0.2, -0.15) is 0 Å². The SMILES string of the molecule is C[C@H](NC(=O)OCC1c2ccccc2-c2ccccc21)c1ccc(SC2CCCCC2)cc1Br. The van der Waals surface area contributed by atoms with Crippen LogP contribution < -0.4 is 5.32 Å². The highest BCUT2D eigenvalue weighted by Crippen LogP contribution is 2.44. The molecule has 0 spiro atoms. The molecule has 0 unspecified atom stereocenters. The summed E-state index contributed by atoms with van der Waals surface area (Å²) in [7, 11) is 0. The van der Waals surface area contributed by atoms with Gasteiger partial charge in [-0.3, -0.25) is 0 Å². The van der Waals surface area contributed by atoms with Gasteiger partial charge in [-0.1, -0.05) is 89.8 Å². The van der Waals surface area contributed by atoms with Crippen molar-refractivity contribution in [3.05, 3.63) is 87.9 Å². The quantitative estimate of drug-likeness (QED) is 0.343. The van der Waals surface area contributed by atoms with Crippen molar-refractivity contribution in [2.45, 2.75) is 61.1 Å². The summed E-state index contributed by atoms with van der Waals surface area (Å²) in [6.45, 7) is 2.32. The van der Waals surface area contributed by atoms with Gasteiger partial charge in [0.1, 0.15) is 6.61 Å². The molecule has 5 rings (SSSR count). The number of nitrogens with one attached hydrogen (secondary N) is 1. The van der Waals surface area contributed by atoms with E-state index < -0.39 is 0 Å². The molecule has 0 radical (unpaired) electrons. The molecule has 3 aromatic rings. The smallest absolute Gasteiger partial charge is 0.407 e. The first-order valence-electron chi connectivity index (χ1n) is 12.2. The number of hydrogen-bond acceptors (Lipinski definition) is 3. The third kappa shape index (κ3) is 5.06. The topological polar surface area (TPSA) is 38.3 Å². The van der Waals surface area contributed by atoms with Gasteiger partial charge in [0.05, 0.1) is 6.04 Å². The van der Waals surface area contributed by atoms with E-state index in [1.54, 1.807) is 0 Å². The molecule has 5 heteroatoms. The summed E-state index contributed by atoms with van der Waals surface area (Å²) in [5, 5.41) is 3.74. The van der Waals surface area contributed by atoms with Gasteiger partial charge in [-0.15, -0.1) is 11.8 Å². The Labute approximate surface area is 214 Å². The summed E-state index contributed by atoms with van der Waals surface area (Å²) in [6.07, 6.45) is 6.30. The summed E-state index contributed by atoms with van der Waals surface area (Å²) >= 11 is 5.71. The second-order valence-corrected chi connectivity index (χ2v) is 11.5. The van der Waals surface area contributed by atoms with E-state index in [9.17, 15) is 4.79 Å². The van der Waals surface area contributed by atoms with Crippen LogP contribution >= 0.6 is 27.7 Å². The minimum Gasteiger partial charge on any atom is -0.449 e. The number of amides is 1. The number of carbonyl (C=O) groups is 1. The zero-order chi connectivity index (χ0) is 23.5. The Balaban J connectivity index is 1.20. The molecule has 1 atom stereocenters. The number of benzene rings is 3. The Bertz CT molecular complexity index is 1130. The number of fused-ring (bicyclic) bond motifs is 3. The van der Waals surface area contributed by atoms with Crippen molar-refractivity contribution in [3.63, 3.8) is 0 Å². The van der Waals surface area contributed by atoms with Gasteiger partial charge in [0.15, 0.2) is 0 Å². The molecule has 0 saturated heterocycles. The van der Waals surface area contributed by atoms with Crippen molar-refractivity contribution in [3.8, 4) is 11.1 Å². The van der Waals surface area contributed by atoms with Gasteiger partial charge in [-0.25, -0.2) is 4.79 Å². The molecule has 176 valence electrons. The highest BCUT2D eigenvalue weighted by molar-refractivity contribution is 9.10. The van der Waals surface area contributed by atoms with E-state index in [4.69, 9.17) is 4.74 Å². The molecule has 2 aliphatic carbocycles. The van der Waals surface area contributed by atoms with Gasteiger partial charge in [0.2, 0.25) is 0 Å². The van der Waals surface area contributed by atoms with E-state index in [1.165, 1.54) is 59.3 Å². The predicted molar refractivity (Wildman–Crippen MR) is 143 cm³/mol. The lowest BCUT2D eigenvalue weighted by Gasteiger charge is -2.22. The largest absolute Gasteiger partial charge is 0.449 e. The predicted octanol–water partition coefficient (Wildman–Crippen LogP) is 8.47. The normalized spacial score (nSPS) is 16.5. The fraction of sp³-hybridized carbons (Fsp3) is 0.345. The number of thioether (sulfide) groups is 1. The van der Waals surface area contributed by atoms with E-state index in [0.717, 1.165) is 15.3 Å². The molecule has 1 amide bonds. The molecule has 3 aromatic carbocycles. The lowest BCUT2D eigenvalue weighted by Crippen LogP contribution is -2.29. The summed E-state index contributed by atoms with van der Waals surface area (Å²) in [6, 6.07) is 23.1. The van der Waals surface area contributed by atoms with Crippen molar-refractivity contribution in [1.82, 2.24) is 5.32 Å². The van der Waals surface area contributed by atoms with Crippen LogP contribution in [0.25, 0.3) is 11.1 Å². The number of ether oxygens (including phenoxy) is 1. The third-order valence-corrected chi connectivity index (χ3v) is 8.99. The van der Waals surface area contributed by atoms with Crippen molar-refractivity contribution in [2.75, 3.05) is 6.61 Å². The van der Waals surface area contributed by atoms with Crippen LogP contribution in [0.15, 0.2) is 76.1 Å². The summed E-state index contributed by atoms with van der Waals surface area (Å²) in [5.74, 6) is 0.0660. The standard InChI is InChI=1S/C29H30BrNO2S/c1-19(22-16-15-21(17-28(22)30)34-20-9-3-2-4-10-20)31-29(32)33-18-27-25-13-7-5-11-23(25)24-12-6-8-14-26(24)27/h5-8,11-17,19-20,27H,2-4,9-10,18H2,1H3,(H,31,32)/t19-/m0/s1. The average Bonchev–Trinajstić information content (AvgIpc) is 3.17. The molecule has 0 aliphatic heterocycles. The van der Waals surface area contributed by atoms with Crippen LogP contribution in [0.3, 0.4) is 0 Å². The first-order chi connectivity index (χ1) is 16.6. The number of halogens is 1. The van der Waals surface area contributed by atoms with E-state index in [1.807, 2.05) is 30.8 Å². The second-order valence-electron chi connectivity index (χ2n) is 9.25. The zero-order valence-corrected chi connectivity index (χ0v) is 21.8. The fourth-order valence-electron chi connectivity index (χ4n) is 5.20. The number of carbonyl (C=O) groups excluding carboxylic acids is 1. The Morgan fingerprint density at radius 3 is 2.29 bits per heavy atom. The maximum atomic E-state index is 12.7. The molecule has 3 nitrogen and oxygen atoms in total.